The number of amides is 1. The van der Waals surface area contributed by atoms with E-state index in [2.05, 4.69) is 5.32 Å². The Labute approximate surface area is 266 Å². The van der Waals surface area contributed by atoms with Gasteiger partial charge in [0.2, 0.25) is 5.91 Å². The van der Waals surface area contributed by atoms with E-state index < -0.39 is 28.9 Å². The second-order valence-electron chi connectivity index (χ2n) is 11.4. The van der Waals surface area contributed by atoms with E-state index in [-0.39, 0.29) is 29.9 Å². The highest BCUT2D eigenvalue weighted by Crippen LogP contribution is 2.60. The van der Waals surface area contributed by atoms with Crippen LogP contribution in [0.3, 0.4) is 0 Å². The minimum absolute atomic E-state index is 0.0238. The van der Waals surface area contributed by atoms with E-state index in [4.69, 9.17) is 4.74 Å². The van der Waals surface area contributed by atoms with Crippen molar-refractivity contribution in [2.24, 2.45) is 5.41 Å². The van der Waals surface area contributed by atoms with Gasteiger partial charge < -0.3 is 15.0 Å². The van der Waals surface area contributed by atoms with Gasteiger partial charge >= 0.3 is 5.97 Å². The molecule has 0 aromatic heterocycles. The Morgan fingerprint density at radius 3 is 2.00 bits per heavy atom. The van der Waals surface area contributed by atoms with Gasteiger partial charge in [0.15, 0.2) is 11.6 Å². The molecule has 1 amide bonds. The van der Waals surface area contributed by atoms with Crippen molar-refractivity contribution in [2.45, 2.75) is 20.4 Å². The third-order valence-electron chi connectivity index (χ3n) is 8.78. The van der Waals surface area contributed by atoms with Crippen molar-refractivity contribution in [3.8, 4) is 0 Å². The number of Topliss-reactive ketones (excluding diaryl/α,β-unsaturated/α-hetero) is 2. The fraction of sp³-hybridized carbons (Fsp3) is 0.128. The number of ketones is 2. The lowest BCUT2D eigenvalue weighted by molar-refractivity contribution is -0.141. The number of allylic oxidation sites excluding steroid dienone is 1. The first-order chi connectivity index (χ1) is 22.4. The number of dihydropyridines is 1. The van der Waals surface area contributed by atoms with Crippen LogP contribution in [0.15, 0.2) is 138 Å². The fourth-order valence-corrected chi connectivity index (χ4v) is 6.95. The lowest BCUT2D eigenvalue weighted by atomic mass is 9.63. The highest BCUT2D eigenvalue weighted by atomic mass is 16.5. The molecular formula is C39H30N2O5. The Morgan fingerprint density at radius 1 is 0.761 bits per heavy atom. The first kappa shape index (κ1) is 28.9. The highest BCUT2D eigenvalue weighted by molar-refractivity contribution is 6.33. The predicted octanol–water partition coefficient (Wildman–Crippen LogP) is 6.36. The van der Waals surface area contributed by atoms with Gasteiger partial charge in [0.05, 0.1) is 30.1 Å². The molecule has 1 atom stereocenters. The van der Waals surface area contributed by atoms with Crippen molar-refractivity contribution in [1.29, 1.82) is 0 Å². The number of rotatable bonds is 7. The summed E-state index contributed by atoms with van der Waals surface area (Å²) in [4.78, 5) is 61.0. The van der Waals surface area contributed by atoms with Gasteiger partial charge in [0, 0.05) is 33.5 Å². The lowest BCUT2D eigenvalue weighted by Crippen LogP contribution is -2.48. The molecule has 2 heterocycles. The van der Waals surface area contributed by atoms with E-state index in [0.717, 1.165) is 5.56 Å². The molecule has 0 saturated heterocycles. The fourth-order valence-electron chi connectivity index (χ4n) is 6.95. The average molecular weight is 607 g/mol. The molecule has 3 aliphatic rings. The van der Waals surface area contributed by atoms with Crippen LogP contribution < -0.4 is 5.32 Å². The molecule has 1 N–H and O–H groups in total. The summed E-state index contributed by atoms with van der Waals surface area (Å²) in [5.74, 6) is -2.22. The number of carbonyl (C=O) groups excluding carboxylic acids is 4. The van der Waals surface area contributed by atoms with Gasteiger partial charge in [0.25, 0.3) is 0 Å². The number of nitrogens with one attached hydrogen (secondary N) is 1. The first-order valence-corrected chi connectivity index (χ1v) is 15.2. The highest BCUT2D eigenvalue weighted by Gasteiger charge is 2.66. The third kappa shape index (κ3) is 4.19. The van der Waals surface area contributed by atoms with Crippen LogP contribution >= 0.6 is 0 Å². The largest absolute Gasteiger partial charge is 0.463 e. The normalized spacial score (nSPS) is 18.6. The molecule has 0 radical (unpaired) electrons. The molecule has 2 aliphatic heterocycles. The van der Waals surface area contributed by atoms with Crippen LogP contribution in [0.5, 0.6) is 0 Å². The van der Waals surface area contributed by atoms with Crippen molar-refractivity contribution >= 4 is 34.8 Å². The second kappa shape index (κ2) is 11.3. The van der Waals surface area contributed by atoms with Gasteiger partial charge in [-0.25, -0.2) is 4.79 Å². The monoisotopic (exact) mass is 606 g/mol. The molecule has 46 heavy (non-hydrogen) atoms. The number of hydrogen-bond acceptors (Lipinski definition) is 6. The smallest absolute Gasteiger partial charge is 0.337 e. The summed E-state index contributed by atoms with van der Waals surface area (Å²) in [6.07, 6.45) is 0. The Balaban J connectivity index is 1.62. The van der Waals surface area contributed by atoms with Gasteiger partial charge in [-0.3, -0.25) is 14.4 Å². The van der Waals surface area contributed by atoms with Crippen LogP contribution in [-0.4, -0.2) is 34.9 Å². The SMILES string of the molecule is CCOC(=O)C1=C(c2ccccc2)N(Cc2ccccc2)C(=O)C12C(C(=O)c1ccccc1)=C(C)NC1=C2C(=O)c2ccccc21. The molecule has 0 saturated carbocycles. The summed E-state index contributed by atoms with van der Waals surface area (Å²) in [5, 5.41) is 3.32. The second-order valence-corrected chi connectivity index (χ2v) is 11.4. The number of hydrogen-bond donors (Lipinski definition) is 1. The zero-order chi connectivity index (χ0) is 32.0. The number of fused-ring (bicyclic) bond motifs is 3. The topological polar surface area (TPSA) is 92.8 Å². The van der Waals surface area contributed by atoms with Crippen LogP contribution in [0.4, 0.5) is 0 Å². The average Bonchev–Trinajstić information content (AvgIpc) is 3.50. The molecule has 1 unspecified atom stereocenters. The van der Waals surface area contributed by atoms with Crippen LogP contribution in [0.1, 0.15) is 51.3 Å². The number of benzene rings is 4. The molecule has 7 nitrogen and oxygen atoms in total. The van der Waals surface area contributed by atoms with Crippen molar-refractivity contribution in [3.63, 3.8) is 0 Å². The Kier molecular flexibility index (Phi) is 7.09. The van der Waals surface area contributed by atoms with Gasteiger partial charge in [0.1, 0.15) is 5.41 Å². The van der Waals surface area contributed by atoms with E-state index in [1.807, 2.05) is 66.7 Å². The zero-order valence-corrected chi connectivity index (χ0v) is 25.4. The van der Waals surface area contributed by atoms with E-state index >= 15 is 4.79 Å². The van der Waals surface area contributed by atoms with Gasteiger partial charge in [-0.1, -0.05) is 115 Å². The van der Waals surface area contributed by atoms with Crippen LogP contribution in [0.25, 0.3) is 11.4 Å². The summed E-state index contributed by atoms with van der Waals surface area (Å²) in [6, 6.07) is 34.2. The summed E-state index contributed by atoms with van der Waals surface area (Å²) in [7, 11) is 0. The van der Waals surface area contributed by atoms with Gasteiger partial charge in [-0.2, -0.15) is 0 Å². The standard InChI is InChI=1S/C39H30N2O5/c1-3-46-37(44)32-34(26-17-9-5-10-18-26)41(23-25-15-7-4-8-16-25)38(45)39(32)30(35(42)27-19-11-6-12-20-27)24(2)40-33-28-21-13-14-22-29(28)36(43)31(33)39/h4-22,40H,3,23H2,1-2H3. The molecule has 226 valence electrons. The molecule has 4 aromatic rings. The van der Waals surface area contributed by atoms with Crippen LogP contribution in [0.2, 0.25) is 0 Å². The van der Waals surface area contributed by atoms with Gasteiger partial charge in [-0.15, -0.1) is 0 Å². The Morgan fingerprint density at radius 2 is 1.35 bits per heavy atom. The minimum Gasteiger partial charge on any atom is -0.463 e. The number of nitrogens with zero attached hydrogens (tertiary/aromatic N) is 1. The molecular weight excluding hydrogens is 576 g/mol. The number of carbonyl (C=O) groups is 4. The molecule has 7 rings (SSSR count). The maximum absolute atomic E-state index is 15.6. The van der Waals surface area contributed by atoms with Crippen LogP contribution in [-0.2, 0) is 20.9 Å². The molecule has 0 bridgehead atoms. The summed E-state index contributed by atoms with van der Waals surface area (Å²) in [6.45, 7) is 3.52. The summed E-state index contributed by atoms with van der Waals surface area (Å²) >= 11 is 0. The minimum atomic E-state index is -2.10. The van der Waals surface area contributed by atoms with Crippen molar-refractivity contribution in [1.82, 2.24) is 10.2 Å². The van der Waals surface area contributed by atoms with Gasteiger partial charge in [-0.05, 0) is 25.0 Å². The van der Waals surface area contributed by atoms with Crippen LogP contribution in [0, 0.1) is 5.41 Å². The molecule has 7 heteroatoms. The number of ether oxygens (including phenoxy) is 1. The number of esters is 1. The molecule has 0 fully saturated rings. The molecule has 4 aromatic carbocycles. The first-order valence-electron chi connectivity index (χ1n) is 15.2. The van der Waals surface area contributed by atoms with Crippen molar-refractivity contribution in [2.75, 3.05) is 6.61 Å². The quantitative estimate of drug-likeness (QED) is 0.195. The third-order valence-corrected chi connectivity index (χ3v) is 8.78. The van der Waals surface area contributed by atoms with E-state index in [0.29, 0.717) is 39.3 Å². The van der Waals surface area contributed by atoms with E-state index in [1.54, 1.807) is 62.4 Å². The maximum atomic E-state index is 15.6. The predicted molar refractivity (Wildman–Crippen MR) is 174 cm³/mol. The summed E-state index contributed by atoms with van der Waals surface area (Å²) in [5.41, 5.74) is 1.73. The Hall–Kier alpha value is -5.82. The molecule has 1 spiro atoms. The van der Waals surface area contributed by atoms with E-state index in [1.165, 1.54) is 4.90 Å². The maximum Gasteiger partial charge on any atom is 0.337 e. The van der Waals surface area contributed by atoms with Crippen molar-refractivity contribution < 1.29 is 23.9 Å². The van der Waals surface area contributed by atoms with E-state index in [9.17, 15) is 14.4 Å². The molecule has 1 aliphatic carbocycles. The zero-order valence-electron chi connectivity index (χ0n) is 25.4. The summed E-state index contributed by atoms with van der Waals surface area (Å²) < 4.78 is 5.72. The van der Waals surface area contributed by atoms with Crippen molar-refractivity contribution in [3.05, 3.63) is 165 Å². The lowest BCUT2D eigenvalue weighted by Gasteiger charge is -2.38. The Bertz CT molecular complexity index is 2030.